The third-order valence-corrected chi connectivity index (χ3v) is 4.15. The van der Waals surface area contributed by atoms with E-state index in [1.165, 1.54) is 23.5 Å². The Bertz CT molecular complexity index is 690. The van der Waals surface area contributed by atoms with Gasteiger partial charge in [-0.25, -0.2) is 4.39 Å². The summed E-state index contributed by atoms with van der Waals surface area (Å²) in [6.45, 7) is 1.80. The van der Waals surface area contributed by atoms with Crippen molar-refractivity contribution in [3.8, 4) is 6.07 Å². The van der Waals surface area contributed by atoms with E-state index in [0.29, 0.717) is 9.90 Å². The fraction of sp³-hybridized carbons (Fsp3) is 0.0769. The van der Waals surface area contributed by atoms with Crippen LogP contribution in [0.15, 0.2) is 23.6 Å². The number of rotatable bonds is 2. The van der Waals surface area contributed by atoms with E-state index >= 15 is 0 Å². The molecule has 1 N–H and O–H groups in total. The molecule has 0 fully saturated rings. The lowest BCUT2D eigenvalue weighted by molar-refractivity contribution is 0.103. The highest BCUT2D eigenvalue weighted by Gasteiger charge is 2.16. The number of halogens is 2. The second kappa shape index (κ2) is 5.39. The molecule has 0 bridgehead atoms. The predicted molar refractivity (Wildman–Crippen MR) is 73.1 cm³/mol. The average molecular weight is 295 g/mol. The van der Waals surface area contributed by atoms with Gasteiger partial charge >= 0.3 is 0 Å². The second-order valence-electron chi connectivity index (χ2n) is 3.82. The molecule has 0 aliphatic rings. The van der Waals surface area contributed by atoms with Crippen LogP contribution < -0.4 is 5.32 Å². The first kappa shape index (κ1) is 13.5. The Morgan fingerprint density at radius 2 is 2.26 bits per heavy atom. The number of anilines is 1. The minimum Gasteiger partial charge on any atom is -0.320 e. The lowest BCUT2D eigenvalue weighted by atomic mass is 10.2. The third-order valence-electron chi connectivity index (χ3n) is 2.46. The van der Waals surface area contributed by atoms with Gasteiger partial charge in [-0.1, -0.05) is 11.6 Å². The second-order valence-corrected chi connectivity index (χ2v) is 5.08. The first-order chi connectivity index (χ1) is 9.02. The average Bonchev–Trinajstić information content (AvgIpc) is 2.72. The highest BCUT2D eigenvalue weighted by Crippen LogP contribution is 2.28. The first-order valence-corrected chi connectivity index (χ1v) is 6.53. The lowest BCUT2D eigenvalue weighted by Crippen LogP contribution is -2.12. The van der Waals surface area contributed by atoms with Crippen molar-refractivity contribution in [2.75, 3.05) is 5.32 Å². The summed E-state index contributed by atoms with van der Waals surface area (Å²) >= 11 is 7.21. The fourth-order valence-corrected chi connectivity index (χ4v) is 2.65. The first-order valence-electron chi connectivity index (χ1n) is 5.27. The molecule has 19 heavy (non-hydrogen) atoms. The molecular weight excluding hydrogens is 287 g/mol. The summed E-state index contributed by atoms with van der Waals surface area (Å²) in [5, 5.41) is 13.6. The zero-order valence-electron chi connectivity index (χ0n) is 9.83. The maximum absolute atomic E-state index is 13.0. The topological polar surface area (TPSA) is 52.9 Å². The molecule has 0 aliphatic heterocycles. The SMILES string of the molecule is Cc1csc(C(=O)Nc2ccc(F)cc2C#N)c1Cl. The van der Waals surface area contributed by atoms with E-state index < -0.39 is 11.7 Å². The minimum atomic E-state index is -0.528. The van der Waals surface area contributed by atoms with Crippen LogP contribution in [0.1, 0.15) is 20.8 Å². The number of benzene rings is 1. The van der Waals surface area contributed by atoms with E-state index in [1.54, 1.807) is 12.3 Å². The summed E-state index contributed by atoms with van der Waals surface area (Å²) in [7, 11) is 0. The van der Waals surface area contributed by atoms with Crippen molar-refractivity contribution in [2.24, 2.45) is 0 Å². The molecule has 0 aliphatic carbocycles. The van der Waals surface area contributed by atoms with Gasteiger partial charge in [0, 0.05) is 0 Å². The van der Waals surface area contributed by atoms with E-state index in [9.17, 15) is 9.18 Å². The van der Waals surface area contributed by atoms with Crippen molar-refractivity contribution in [3.05, 3.63) is 50.4 Å². The normalized spacial score (nSPS) is 10.0. The molecule has 0 atom stereocenters. The smallest absolute Gasteiger partial charge is 0.267 e. The summed E-state index contributed by atoms with van der Waals surface area (Å²) in [6, 6.07) is 5.42. The van der Waals surface area contributed by atoms with Crippen LogP contribution >= 0.6 is 22.9 Å². The molecule has 96 valence electrons. The van der Waals surface area contributed by atoms with Crippen LogP contribution in [-0.2, 0) is 0 Å². The van der Waals surface area contributed by atoms with Crippen molar-refractivity contribution in [2.45, 2.75) is 6.92 Å². The molecule has 1 aromatic carbocycles. The van der Waals surface area contributed by atoms with Gasteiger partial charge in [0.15, 0.2) is 0 Å². The van der Waals surface area contributed by atoms with Crippen molar-refractivity contribution < 1.29 is 9.18 Å². The number of amides is 1. The number of nitriles is 1. The van der Waals surface area contributed by atoms with Gasteiger partial charge < -0.3 is 5.32 Å². The zero-order chi connectivity index (χ0) is 14.0. The summed E-state index contributed by atoms with van der Waals surface area (Å²) < 4.78 is 13.0. The number of carbonyl (C=O) groups excluding carboxylic acids is 1. The molecule has 0 unspecified atom stereocenters. The number of hydrogen-bond donors (Lipinski definition) is 1. The monoisotopic (exact) mass is 294 g/mol. The number of carbonyl (C=O) groups is 1. The molecule has 3 nitrogen and oxygen atoms in total. The Morgan fingerprint density at radius 1 is 1.53 bits per heavy atom. The Balaban J connectivity index is 2.30. The lowest BCUT2D eigenvalue weighted by Gasteiger charge is -2.06. The van der Waals surface area contributed by atoms with Gasteiger partial charge in [0.2, 0.25) is 0 Å². The number of thiophene rings is 1. The highest BCUT2D eigenvalue weighted by atomic mass is 35.5. The summed E-state index contributed by atoms with van der Waals surface area (Å²) in [5.41, 5.74) is 1.14. The summed E-state index contributed by atoms with van der Waals surface area (Å²) in [4.78, 5) is 12.4. The van der Waals surface area contributed by atoms with Gasteiger partial charge in [-0.05, 0) is 36.1 Å². The molecule has 1 amide bonds. The van der Waals surface area contributed by atoms with Gasteiger partial charge in [0.25, 0.3) is 5.91 Å². The van der Waals surface area contributed by atoms with E-state index in [1.807, 2.05) is 6.07 Å². The van der Waals surface area contributed by atoms with Crippen LogP contribution in [0, 0.1) is 24.1 Å². The van der Waals surface area contributed by atoms with Crippen LogP contribution in [0.2, 0.25) is 5.02 Å². The molecule has 2 aromatic rings. The summed E-state index contributed by atoms with van der Waals surface area (Å²) in [6.07, 6.45) is 0. The van der Waals surface area contributed by atoms with E-state index in [0.717, 1.165) is 11.6 Å². The van der Waals surface area contributed by atoms with Crippen molar-refractivity contribution in [1.82, 2.24) is 0 Å². The molecule has 0 saturated heterocycles. The van der Waals surface area contributed by atoms with Gasteiger partial charge in [-0.3, -0.25) is 4.79 Å². The van der Waals surface area contributed by atoms with Crippen molar-refractivity contribution in [3.63, 3.8) is 0 Å². The van der Waals surface area contributed by atoms with E-state index in [2.05, 4.69) is 5.32 Å². The molecule has 0 saturated carbocycles. The van der Waals surface area contributed by atoms with Gasteiger partial charge in [-0.2, -0.15) is 5.26 Å². The Morgan fingerprint density at radius 3 is 2.84 bits per heavy atom. The zero-order valence-corrected chi connectivity index (χ0v) is 11.4. The maximum Gasteiger partial charge on any atom is 0.267 e. The number of aryl methyl sites for hydroxylation is 1. The van der Waals surface area contributed by atoms with Crippen LogP contribution in [0.3, 0.4) is 0 Å². The third kappa shape index (κ3) is 2.75. The van der Waals surface area contributed by atoms with Crippen LogP contribution in [0.5, 0.6) is 0 Å². The fourth-order valence-electron chi connectivity index (χ4n) is 1.48. The predicted octanol–water partition coefficient (Wildman–Crippen LogP) is 3.97. The minimum absolute atomic E-state index is 0.0674. The largest absolute Gasteiger partial charge is 0.320 e. The van der Waals surface area contributed by atoms with Crippen LogP contribution in [0.4, 0.5) is 10.1 Å². The van der Waals surface area contributed by atoms with E-state index in [-0.39, 0.29) is 11.3 Å². The quantitative estimate of drug-likeness (QED) is 0.911. The van der Waals surface area contributed by atoms with Crippen LogP contribution in [-0.4, -0.2) is 5.91 Å². The molecular formula is C13H8ClFN2OS. The van der Waals surface area contributed by atoms with Crippen molar-refractivity contribution in [1.29, 1.82) is 5.26 Å². The summed E-state index contributed by atoms with van der Waals surface area (Å²) in [5.74, 6) is -0.939. The number of hydrogen-bond acceptors (Lipinski definition) is 3. The van der Waals surface area contributed by atoms with Gasteiger partial charge in [0.05, 0.1) is 16.3 Å². The Kier molecular flexibility index (Phi) is 3.84. The molecule has 2 rings (SSSR count). The van der Waals surface area contributed by atoms with E-state index in [4.69, 9.17) is 16.9 Å². The Labute approximate surface area is 118 Å². The van der Waals surface area contributed by atoms with Crippen molar-refractivity contribution >= 4 is 34.5 Å². The van der Waals surface area contributed by atoms with Gasteiger partial charge in [0.1, 0.15) is 16.8 Å². The highest BCUT2D eigenvalue weighted by molar-refractivity contribution is 7.13. The van der Waals surface area contributed by atoms with Gasteiger partial charge in [-0.15, -0.1) is 11.3 Å². The molecule has 0 spiro atoms. The molecule has 0 radical (unpaired) electrons. The van der Waals surface area contributed by atoms with Crippen LogP contribution in [0.25, 0.3) is 0 Å². The standard InChI is InChI=1S/C13H8ClFN2OS/c1-7-6-19-12(11(7)14)13(18)17-10-3-2-9(15)4-8(10)5-16/h2-4,6H,1H3,(H,17,18). The number of nitrogens with one attached hydrogen (secondary N) is 1. The molecule has 1 aromatic heterocycles. The maximum atomic E-state index is 13.0. The molecule has 1 heterocycles. The number of nitrogens with zero attached hydrogens (tertiary/aromatic N) is 1. The Hall–Kier alpha value is -1.90. The molecule has 6 heteroatoms.